The Morgan fingerprint density at radius 1 is 0.850 bits per heavy atom. The highest BCUT2D eigenvalue weighted by atomic mass is 79.9. The summed E-state index contributed by atoms with van der Waals surface area (Å²) in [4.78, 5) is 0. The van der Waals surface area contributed by atoms with Gasteiger partial charge in [0.1, 0.15) is 0 Å². The number of hydrogen-bond acceptors (Lipinski definition) is 1. The van der Waals surface area contributed by atoms with Gasteiger partial charge in [-0.05, 0) is 49.2 Å². The molecule has 2 aromatic rings. The van der Waals surface area contributed by atoms with Crippen LogP contribution in [0.1, 0.15) is 11.1 Å². The second kappa shape index (κ2) is 6.41. The number of nitrogens with one attached hydrogen (secondary N) is 3. The highest BCUT2D eigenvalue weighted by Crippen LogP contribution is 2.23. The first-order valence-electron chi connectivity index (χ1n) is 6.10. The van der Waals surface area contributed by atoms with E-state index < -0.39 is 0 Å². The first-order chi connectivity index (χ1) is 9.45. The van der Waals surface area contributed by atoms with Gasteiger partial charge in [-0.3, -0.25) is 5.41 Å². The molecule has 0 heterocycles. The molecule has 0 saturated carbocycles. The van der Waals surface area contributed by atoms with Gasteiger partial charge >= 0.3 is 0 Å². The molecular formula is C15H15Br2N3. The zero-order valence-corrected chi connectivity index (χ0v) is 14.4. The second-order valence-electron chi connectivity index (χ2n) is 4.54. The second-order valence-corrected chi connectivity index (χ2v) is 6.37. The molecule has 0 aliphatic rings. The van der Waals surface area contributed by atoms with Crippen LogP contribution >= 0.6 is 31.9 Å². The quantitative estimate of drug-likeness (QED) is 0.477. The van der Waals surface area contributed by atoms with E-state index in [2.05, 4.69) is 42.5 Å². The van der Waals surface area contributed by atoms with Gasteiger partial charge in [0, 0.05) is 20.3 Å². The summed E-state index contributed by atoms with van der Waals surface area (Å²) in [6.07, 6.45) is 0. The van der Waals surface area contributed by atoms with Crippen LogP contribution in [0.15, 0.2) is 45.3 Å². The van der Waals surface area contributed by atoms with Crippen LogP contribution in [0.25, 0.3) is 0 Å². The van der Waals surface area contributed by atoms with Crippen LogP contribution in [0, 0.1) is 19.3 Å². The molecular weight excluding hydrogens is 382 g/mol. The summed E-state index contributed by atoms with van der Waals surface area (Å²) in [6.45, 7) is 4.01. The fourth-order valence-corrected chi connectivity index (χ4v) is 2.48. The van der Waals surface area contributed by atoms with Crippen molar-refractivity contribution in [2.24, 2.45) is 0 Å². The maximum Gasteiger partial charge on any atom is 0.197 e. The number of halogens is 2. The number of rotatable bonds is 2. The molecule has 3 N–H and O–H groups in total. The van der Waals surface area contributed by atoms with Gasteiger partial charge in [-0.2, -0.15) is 0 Å². The van der Waals surface area contributed by atoms with E-state index in [9.17, 15) is 0 Å². The van der Waals surface area contributed by atoms with E-state index in [-0.39, 0.29) is 5.96 Å². The molecule has 0 aliphatic carbocycles. The lowest BCUT2D eigenvalue weighted by Gasteiger charge is -2.14. The lowest BCUT2D eigenvalue weighted by molar-refractivity contribution is 1.37. The van der Waals surface area contributed by atoms with Crippen molar-refractivity contribution in [1.29, 1.82) is 5.41 Å². The standard InChI is InChI=1S/C15H15Br2N3/c1-9-3-5-11(16)7-13(9)19-15(18)20-14-8-12(17)6-4-10(14)2/h3-8H,1-2H3,(H3,18,19,20). The van der Waals surface area contributed by atoms with Crippen LogP contribution in [0.2, 0.25) is 0 Å². The summed E-state index contributed by atoms with van der Waals surface area (Å²) in [5.74, 6) is 0.243. The molecule has 0 saturated heterocycles. The van der Waals surface area contributed by atoms with Crippen molar-refractivity contribution in [3.63, 3.8) is 0 Å². The molecule has 0 unspecified atom stereocenters. The van der Waals surface area contributed by atoms with E-state index in [1.165, 1.54) is 0 Å². The van der Waals surface area contributed by atoms with Crippen LogP contribution in [0.5, 0.6) is 0 Å². The maximum atomic E-state index is 8.05. The van der Waals surface area contributed by atoms with Crippen molar-refractivity contribution in [2.75, 3.05) is 10.6 Å². The van der Waals surface area contributed by atoms with Crippen LogP contribution in [-0.4, -0.2) is 5.96 Å². The Labute approximate surface area is 135 Å². The number of anilines is 2. The van der Waals surface area contributed by atoms with E-state index in [4.69, 9.17) is 5.41 Å². The number of benzene rings is 2. The third-order valence-corrected chi connectivity index (χ3v) is 3.91. The average molecular weight is 397 g/mol. The number of guanidine groups is 1. The fraction of sp³-hybridized carbons (Fsp3) is 0.133. The summed E-state index contributed by atoms with van der Waals surface area (Å²) in [6, 6.07) is 11.9. The van der Waals surface area contributed by atoms with Crippen molar-refractivity contribution in [2.45, 2.75) is 13.8 Å². The molecule has 0 aromatic heterocycles. The molecule has 0 aliphatic heterocycles. The summed E-state index contributed by atoms with van der Waals surface area (Å²) < 4.78 is 1.97. The summed E-state index contributed by atoms with van der Waals surface area (Å²) in [7, 11) is 0. The third kappa shape index (κ3) is 3.84. The fourth-order valence-electron chi connectivity index (χ4n) is 1.76. The van der Waals surface area contributed by atoms with Crippen LogP contribution in [0.4, 0.5) is 11.4 Å². The Hall–Kier alpha value is -1.33. The zero-order chi connectivity index (χ0) is 14.7. The molecule has 0 atom stereocenters. The van der Waals surface area contributed by atoms with E-state index in [0.29, 0.717) is 0 Å². The van der Waals surface area contributed by atoms with Gasteiger partial charge in [-0.25, -0.2) is 0 Å². The van der Waals surface area contributed by atoms with Gasteiger partial charge in [-0.15, -0.1) is 0 Å². The normalized spacial score (nSPS) is 10.2. The van der Waals surface area contributed by atoms with Crippen molar-refractivity contribution >= 4 is 49.2 Å². The lowest BCUT2D eigenvalue weighted by atomic mass is 10.2. The van der Waals surface area contributed by atoms with Gasteiger partial charge in [0.15, 0.2) is 5.96 Å². The average Bonchev–Trinajstić information content (AvgIpc) is 2.38. The molecule has 0 radical (unpaired) electrons. The van der Waals surface area contributed by atoms with Crippen molar-refractivity contribution in [3.8, 4) is 0 Å². The highest BCUT2D eigenvalue weighted by Gasteiger charge is 2.05. The number of hydrogen-bond donors (Lipinski definition) is 3. The molecule has 2 rings (SSSR count). The lowest BCUT2D eigenvalue weighted by Crippen LogP contribution is -2.21. The Bertz CT molecular complexity index is 598. The molecule has 2 aromatic carbocycles. The SMILES string of the molecule is Cc1ccc(Br)cc1NC(=N)Nc1cc(Br)ccc1C. The first kappa shape index (κ1) is 15.1. The minimum Gasteiger partial charge on any atom is -0.326 e. The van der Waals surface area contributed by atoms with Crippen molar-refractivity contribution < 1.29 is 0 Å². The maximum absolute atomic E-state index is 8.05. The monoisotopic (exact) mass is 395 g/mol. The van der Waals surface area contributed by atoms with Gasteiger partial charge < -0.3 is 10.6 Å². The van der Waals surface area contributed by atoms with Crippen LogP contribution in [0.3, 0.4) is 0 Å². The predicted molar refractivity (Wildman–Crippen MR) is 92.7 cm³/mol. The minimum absolute atomic E-state index is 0.243. The van der Waals surface area contributed by atoms with Crippen LogP contribution < -0.4 is 10.6 Å². The van der Waals surface area contributed by atoms with E-state index in [0.717, 1.165) is 31.4 Å². The zero-order valence-electron chi connectivity index (χ0n) is 11.2. The Morgan fingerprint density at radius 2 is 1.25 bits per heavy atom. The van der Waals surface area contributed by atoms with Crippen molar-refractivity contribution in [1.82, 2.24) is 0 Å². The van der Waals surface area contributed by atoms with Crippen LogP contribution in [-0.2, 0) is 0 Å². The molecule has 0 spiro atoms. The summed E-state index contributed by atoms with van der Waals surface area (Å²) in [5.41, 5.74) is 3.99. The van der Waals surface area contributed by atoms with Crippen molar-refractivity contribution in [3.05, 3.63) is 56.5 Å². The minimum atomic E-state index is 0.243. The van der Waals surface area contributed by atoms with Gasteiger partial charge in [0.25, 0.3) is 0 Å². The van der Waals surface area contributed by atoms with Gasteiger partial charge in [0.05, 0.1) is 0 Å². The molecule has 3 nitrogen and oxygen atoms in total. The summed E-state index contributed by atoms with van der Waals surface area (Å²) in [5, 5.41) is 14.2. The topological polar surface area (TPSA) is 47.9 Å². The largest absolute Gasteiger partial charge is 0.326 e. The highest BCUT2D eigenvalue weighted by molar-refractivity contribution is 9.10. The molecule has 0 bridgehead atoms. The van der Waals surface area contributed by atoms with Gasteiger partial charge in [-0.1, -0.05) is 44.0 Å². The Kier molecular flexibility index (Phi) is 4.83. The van der Waals surface area contributed by atoms with E-state index in [1.54, 1.807) is 0 Å². The first-order valence-corrected chi connectivity index (χ1v) is 7.69. The molecule has 20 heavy (non-hydrogen) atoms. The molecule has 5 heteroatoms. The van der Waals surface area contributed by atoms with E-state index >= 15 is 0 Å². The van der Waals surface area contributed by atoms with E-state index in [1.807, 2.05) is 50.2 Å². The molecule has 104 valence electrons. The smallest absolute Gasteiger partial charge is 0.197 e. The Balaban J connectivity index is 2.13. The Morgan fingerprint density at radius 3 is 1.65 bits per heavy atom. The summed E-state index contributed by atoms with van der Waals surface area (Å²) >= 11 is 6.87. The molecule has 0 amide bonds. The predicted octanol–water partition coefficient (Wildman–Crippen LogP) is 5.29. The third-order valence-electron chi connectivity index (χ3n) is 2.92. The van der Waals surface area contributed by atoms with Gasteiger partial charge in [0.2, 0.25) is 0 Å². The molecule has 0 fully saturated rings. The number of aryl methyl sites for hydroxylation is 2.